The molecule has 0 atom stereocenters. The maximum absolute atomic E-state index is 12.5. The van der Waals surface area contributed by atoms with E-state index in [0.717, 1.165) is 77.7 Å². The lowest BCUT2D eigenvalue weighted by Gasteiger charge is -2.31. The summed E-state index contributed by atoms with van der Waals surface area (Å²) in [5, 5.41) is 7.08. The molecule has 1 saturated heterocycles. The van der Waals surface area contributed by atoms with Crippen LogP contribution in [0, 0.1) is 0 Å². The van der Waals surface area contributed by atoms with Gasteiger partial charge >= 0.3 is 6.09 Å². The molecular weight excluding hydrogens is 458 g/mol. The number of anilines is 1. The molecule has 2 aromatic heterocycles. The Morgan fingerprint density at radius 1 is 1.11 bits per heavy atom. The number of carbonyl (C=O) groups is 1. The first-order chi connectivity index (χ1) is 17.1. The van der Waals surface area contributed by atoms with Crippen molar-refractivity contribution in [3.05, 3.63) is 71.4 Å². The highest BCUT2D eigenvalue weighted by atomic mass is 32.1. The monoisotopic (exact) mass is 489 g/mol. The molecule has 2 aromatic carbocycles. The summed E-state index contributed by atoms with van der Waals surface area (Å²) < 4.78 is 7.58. The van der Waals surface area contributed by atoms with Gasteiger partial charge in [-0.05, 0) is 37.7 Å². The molecule has 3 heterocycles. The van der Waals surface area contributed by atoms with Crippen LogP contribution >= 0.6 is 11.3 Å². The third-order valence-corrected chi connectivity index (χ3v) is 7.39. The largest absolute Gasteiger partial charge is 0.444 e. The van der Waals surface area contributed by atoms with Crippen LogP contribution in [0.4, 0.5) is 10.5 Å². The van der Waals surface area contributed by atoms with Gasteiger partial charge in [0.25, 0.3) is 0 Å². The summed E-state index contributed by atoms with van der Waals surface area (Å²) in [4.78, 5) is 22.3. The summed E-state index contributed by atoms with van der Waals surface area (Å²) in [6.45, 7) is 8.39. The minimum absolute atomic E-state index is 0.236. The normalized spacial score (nSPS) is 14.9. The maximum Gasteiger partial charge on any atom is 0.412 e. The molecule has 0 bridgehead atoms. The van der Waals surface area contributed by atoms with E-state index in [9.17, 15) is 4.79 Å². The van der Waals surface area contributed by atoms with Gasteiger partial charge in [-0.2, -0.15) is 0 Å². The lowest BCUT2D eigenvalue weighted by Crippen LogP contribution is -2.43. The zero-order valence-corrected chi connectivity index (χ0v) is 21.1. The van der Waals surface area contributed by atoms with Crippen molar-refractivity contribution in [3.63, 3.8) is 0 Å². The molecule has 0 saturated carbocycles. The van der Waals surface area contributed by atoms with Crippen LogP contribution in [0.3, 0.4) is 0 Å². The summed E-state index contributed by atoms with van der Waals surface area (Å²) in [6, 6.07) is 16.0. The first-order valence-corrected chi connectivity index (χ1v) is 12.9. The van der Waals surface area contributed by atoms with Gasteiger partial charge in [0.05, 0.1) is 16.9 Å². The molecule has 0 spiro atoms. The highest BCUT2D eigenvalue weighted by Gasteiger charge is 2.17. The number of piperazine rings is 1. The minimum atomic E-state index is -0.460. The topological polar surface area (TPSA) is 62.6 Å². The fourth-order valence-corrected chi connectivity index (χ4v) is 5.22. The predicted octanol–water partition coefficient (Wildman–Crippen LogP) is 5.28. The molecule has 0 unspecified atom stereocenters. The van der Waals surface area contributed by atoms with E-state index in [1.54, 1.807) is 11.3 Å². The molecular formula is C27H31N5O2S. The maximum atomic E-state index is 12.5. The predicted molar refractivity (Wildman–Crippen MR) is 142 cm³/mol. The number of aromatic nitrogens is 2. The molecule has 7 nitrogen and oxygen atoms in total. The summed E-state index contributed by atoms with van der Waals surface area (Å²) in [5.74, 6) is 0. The van der Waals surface area contributed by atoms with Gasteiger partial charge in [0.15, 0.2) is 0 Å². The molecule has 1 amide bonds. The second-order valence-corrected chi connectivity index (χ2v) is 9.83. The second kappa shape index (κ2) is 10.6. The van der Waals surface area contributed by atoms with Crippen molar-refractivity contribution in [2.45, 2.75) is 26.6 Å². The van der Waals surface area contributed by atoms with Crippen molar-refractivity contribution in [3.8, 4) is 10.6 Å². The van der Waals surface area contributed by atoms with Crippen LogP contribution in [0.2, 0.25) is 0 Å². The van der Waals surface area contributed by atoms with Gasteiger partial charge in [-0.3, -0.25) is 10.2 Å². The Kier molecular flexibility index (Phi) is 7.13. The number of nitrogens with zero attached hydrogens (tertiary/aromatic N) is 4. The number of fused-ring (bicyclic) bond motifs is 1. The molecule has 182 valence electrons. The molecule has 4 aromatic rings. The fourth-order valence-electron chi connectivity index (χ4n) is 4.41. The summed E-state index contributed by atoms with van der Waals surface area (Å²) in [6.07, 6.45) is 1.51. The highest BCUT2D eigenvalue weighted by molar-refractivity contribution is 7.13. The number of ether oxygens (including phenoxy) is 1. The van der Waals surface area contributed by atoms with Gasteiger partial charge in [-0.25, -0.2) is 9.78 Å². The molecule has 1 aliphatic heterocycles. The van der Waals surface area contributed by atoms with E-state index in [1.807, 2.05) is 36.5 Å². The van der Waals surface area contributed by atoms with E-state index in [-0.39, 0.29) is 6.61 Å². The molecule has 1 aliphatic rings. The van der Waals surface area contributed by atoms with Gasteiger partial charge in [0, 0.05) is 61.8 Å². The van der Waals surface area contributed by atoms with Crippen LogP contribution in [0.5, 0.6) is 0 Å². The van der Waals surface area contributed by atoms with Gasteiger partial charge < -0.3 is 14.2 Å². The van der Waals surface area contributed by atoms with E-state index in [2.05, 4.69) is 57.2 Å². The number of thiazole rings is 1. The molecule has 5 rings (SSSR count). The smallest absolute Gasteiger partial charge is 0.412 e. The number of aryl methyl sites for hydroxylation is 1. The number of hydrogen-bond acceptors (Lipinski definition) is 6. The average molecular weight is 490 g/mol. The molecule has 0 aliphatic carbocycles. The van der Waals surface area contributed by atoms with Crippen LogP contribution in [0.25, 0.3) is 21.5 Å². The average Bonchev–Trinajstić information content (AvgIpc) is 3.49. The number of carbonyl (C=O) groups excluding carboxylic acids is 1. The third kappa shape index (κ3) is 5.56. The lowest BCUT2D eigenvalue weighted by molar-refractivity contribution is 0.147. The van der Waals surface area contributed by atoms with Gasteiger partial charge in [-0.15, -0.1) is 11.3 Å². The Labute approximate surface area is 209 Å². The van der Waals surface area contributed by atoms with Gasteiger partial charge in [-0.1, -0.05) is 30.3 Å². The van der Waals surface area contributed by atoms with Crippen molar-refractivity contribution in [2.75, 3.05) is 38.5 Å². The molecule has 1 fully saturated rings. The van der Waals surface area contributed by atoms with E-state index in [4.69, 9.17) is 9.72 Å². The quantitative estimate of drug-likeness (QED) is 0.383. The minimum Gasteiger partial charge on any atom is -0.444 e. The molecule has 35 heavy (non-hydrogen) atoms. The van der Waals surface area contributed by atoms with Crippen LogP contribution in [-0.2, 0) is 24.4 Å². The third-order valence-electron chi connectivity index (χ3n) is 6.45. The zero-order chi connectivity index (χ0) is 24.2. The van der Waals surface area contributed by atoms with E-state index < -0.39 is 6.09 Å². The first-order valence-electron chi connectivity index (χ1n) is 12.1. The second-order valence-electron chi connectivity index (χ2n) is 8.97. The van der Waals surface area contributed by atoms with Crippen LogP contribution < -0.4 is 5.32 Å². The number of hydrogen-bond donors (Lipinski definition) is 1. The number of amides is 1. The number of rotatable bonds is 7. The molecule has 0 radical (unpaired) electrons. The van der Waals surface area contributed by atoms with E-state index in [1.165, 1.54) is 0 Å². The van der Waals surface area contributed by atoms with Crippen LogP contribution in [0.15, 0.2) is 60.1 Å². The Morgan fingerprint density at radius 3 is 2.69 bits per heavy atom. The Bertz CT molecular complexity index is 1290. The van der Waals surface area contributed by atoms with Crippen molar-refractivity contribution < 1.29 is 9.53 Å². The van der Waals surface area contributed by atoms with E-state index >= 15 is 0 Å². The van der Waals surface area contributed by atoms with Gasteiger partial charge in [0.2, 0.25) is 0 Å². The van der Waals surface area contributed by atoms with Crippen molar-refractivity contribution in [1.29, 1.82) is 0 Å². The first kappa shape index (κ1) is 23.5. The summed E-state index contributed by atoms with van der Waals surface area (Å²) >= 11 is 1.67. The van der Waals surface area contributed by atoms with Crippen molar-refractivity contribution in [2.24, 2.45) is 0 Å². The SMILES string of the molecule is CCn1cc(NC(=O)OCc2ccccc2)c2cc(-c3nc(CN4CCN(C)CC4)cs3)ccc21. The van der Waals surface area contributed by atoms with Crippen LogP contribution in [0.1, 0.15) is 18.2 Å². The molecule has 1 N–H and O–H groups in total. The fraction of sp³-hybridized carbons (Fsp3) is 0.333. The molecule has 8 heteroatoms. The van der Waals surface area contributed by atoms with Crippen molar-refractivity contribution in [1.82, 2.24) is 19.4 Å². The Morgan fingerprint density at radius 2 is 1.91 bits per heavy atom. The summed E-state index contributed by atoms with van der Waals surface area (Å²) in [5.41, 5.74) is 4.95. The summed E-state index contributed by atoms with van der Waals surface area (Å²) in [7, 11) is 2.17. The number of benzene rings is 2. The number of nitrogens with one attached hydrogen (secondary N) is 1. The van der Waals surface area contributed by atoms with E-state index in [0.29, 0.717) is 0 Å². The number of likely N-dealkylation sites (N-methyl/N-ethyl adjacent to an activating group) is 1. The Balaban J connectivity index is 1.32. The lowest BCUT2D eigenvalue weighted by atomic mass is 10.1. The standard InChI is InChI=1S/C27H31N5O2S/c1-3-32-17-24(29-27(33)34-18-20-7-5-4-6-8-20)23-15-21(9-10-25(23)32)26-28-22(19-35-26)16-31-13-11-30(2)12-14-31/h4-10,15,17,19H,3,11-14,16,18H2,1-2H3,(H,29,33). The highest BCUT2D eigenvalue weighted by Crippen LogP contribution is 2.32. The zero-order valence-electron chi connectivity index (χ0n) is 20.2. The van der Waals surface area contributed by atoms with Crippen molar-refractivity contribution >= 4 is 34.0 Å². The Hall–Kier alpha value is -3.20. The van der Waals surface area contributed by atoms with Crippen LogP contribution in [-0.4, -0.2) is 58.7 Å². The van der Waals surface area contributed by atoms with Gasteiger partial charge in [0.1, 0.15) is 11.6 Å².